The van der Waals surface area contributed by atoms with Crippen LogP contribution < -0.4 is 9.16 Å². The van der Waals surface area contributed by atoms with E-state index < -0.39 is 8.32 Å². The Morgan fingerprint density at radius 1 is 1.22 bits per heavy atom. The van der Waals surface area contributed by atoms with Crippen LogP contribution in [-0.2, 0) is 0 Å². The van der Waals surface area contributed by atoms with Crippen LogP contribution in [0, 0.1) is 3.57 Å². The Morgan fingerprint density at radius 2 is 1.78 bits per heavy atom. The standard InChI is InChI=1S/C13H21IO3Si/c1-13(2,3)18(5,6)17-12-10(14)7-9(15)8-11(12)16-4/h7-8,15H,1-6H3. The molecule has 1 aromatic carbocycles. The van der Waals surface area contributed by atoms with Crippen LogP contribution in [0.2, 0.25) is 18.1 Å². The molecule has 0 aliphatic rings. The van der Waals surface area contributed by atoms with Crippen LogP contribution in [-0.4, -0.2) is 20.5 Å². The number of phenolic OH excluding ortho intramolecular Hbond substituents is 1. The molecule has 0 spiro atoms. The highest BCUT2D eigenvalue weighted by molar-refractivity contribution is 14.1. The summed E-state index contributed by atoms with van der Waals surface area (Å²) in [7, 11) is -0.322. The molecular formula is C13H21IO3Si. The van der Waals surface area contributed by atoms with Crippen LogP contribution in [0.1, 0.15) is 20.8 Å². The van der Waals surface area contributed by atoms with Gasteiger partial charge in [-0.25, -0.2) is 0 Å². The third-order valence-electron chi connectivity index (χ3n) is 3.38. The molecule has 0 aliphatic carbocycles. The average Bonchev–Trinajstić information content (AvgIpc) is 2.19. The van der Waals surface area contributed by atoms with Gasteiger partial charge in [-0.05, 0) is 46.8 Å². The number of rotatable bonds is 3. The fourth-order valence-electron chi connectivity index (χ4n) is 1.21. The minimum atomic E-state index is -1.91. The molecule has 1 rings (SSSR count). The first-order valence-electron chi connectivity index (χ1n) is 5.84. The first-order valence-corrected chi connectivity index (χ1v) is 9.82. The Bertz CT molecular complexity index is 439. The van der Waals surface area contributed by atoms with Gasteiger partial charge in [-0.1, -0.05) is 20.8 Å². The Kier molecular flexibility index (Phi) is 4.59. The monoisotopic (exact) mass is 380 g/mol. The fourth-order valence-corrected chi connectivity index (χ4v) is 3.14. The van der Waals surface area contributed by atoms with Gasteiger partial charge in [0, 0.05) is 6.07 Å². The smallest absolute Gasteiger partial charge is 0.250 e. The molecule has 0 radical (unpaired) electrons. The van der Waals surface area contributed by atoms with Crippen molar-refractivity contribution in [3.05, 3.63) is 15.7 Å². The number of halogens is 1. The summed E-state index contributed by atoms with van der Waals surface area (Å²) in [5.74, 6) is 1.52. The molecule has 18 heavy (non-hydrogen) atoms. The van der Waals surface area contributed by atoms with Gasteiger partial charge in [0.25, 0.3) is 8.32 Å². The molecule has 0 aromatic heterocycles. The molecule has 0 bridgehead atoms. The van der Waals surface area contributed by atoms with E-state index in [9.17, 15) is 5.11 Å². The van der Waals surface area contributed by atoms with Gasteiger partial charge >= 0.3 is 0 Å². The van der Waals surface area contributed by atoms with E-state index in [0.29, 0.717) is 5.75 Å². The summed E-state index contributed by atoms with van der Waals surface area (Å²) in [4.78, 5) is 0. The Hall–Kier alpha value is -0.433. The van der Waals surface area contributed by atoms with Crippen molar-refractivity contribution in [3.63, 3.8) is 0 Å². The van der Waals surface area contributed by atoms with Crippen molar-refractivity contribution < 1.29 is 14.3 Å². The highest BCUT2D eigenvalue weighted by atomic mass is 127. The van der Waals surface area contributed by atoms with Crippen LogP contribution in [0.5, 0.6) is 17.2 Å². The minimum Gasteiger partial charge on any atom is -0.540 e. The summed E-state index contributed by atoms with van der Waals surface area (Å²) in [6.45, 7) is 11.0. The molecule has 0 aliphatic heterocycles. The molecule has 0 heterocycles. The second-order valence-electron chi connectivity index (χ2n) is 5.82. The quantitative estimate of drug-likeness (QED) is 0.625. The van der Waals surface area contributed by atoms with Crippen molar-refractivity contribution >= 4 is 30.9 Å². The van der Waals surface area contributed by atoms with Gasteiger partial charge in [0.2, 0.25) is 0 Å². The number of benzene rings is 1. The summed E-state index contributed by atoms with van der Waals surface area (Å²) in [5, 5.41) is 9.70. The van der Waals surface area contributed by atoms with Gasteiger partial charge in [-0.2, -0.15) is 0 Å². The van der Waals surface area contributed by atoms with Crippen molar-refractivity contribution in [2.24, 2.45) is 0 Å². The molecular weight excluding hydrogens is 359 g/mol. The van der Waals surface area contributed by atoms with Crippen molar-refractivity contribution in [3.8, 4) is 17.2 Å². The maximum atomic E-state index is 9.58. The number of hydrogen-bond donors (Lipinski definition) is 1. The zero-order valence-corrected chi connectivity index (χ0v) is 15.0. The first kappa shape index (κ1) is 15.6. The molecule has 0 unspecified atom stereocenters. The van der Waals surface area contributed by atoms with E-state index in [1.807, 2.05) is 0 Å². The number of aromatic hydroxyl groups is 1. The lowest BCUT2D eigenvalue weighted by Crippen LogP contribution is -2.44. The van der Waals surface area contributed by atoms with Crippen LogP contribution in [0.15, 0.2) is 12.1 Å². The second kappa shape index (κ2) is 5.28. The van der Waals surface area contributed by atoms with Crippen molar-refractivity contribution in [2.45, 2.75) is 38.9 Å². The molecule has 0 atom stereocenters. The molecule has 0 saturated carbocycles. The van der Waals surface area contributed by atoms with Crippen molar-refractivity contribution in [2.75, 3.05) is 7.11 Å². The van der Waals surface area contributed by atoms with Gasteiger partial charge in [-0.15, -0.1) is 0 Å². The zero-order valence-electron chi connectivity index (χ0n) is 11.8. The zero-order chi connectivity index (χ0) is 14.1. The van der Waals surface area contributed by atoms with E-state index in [1.165, 1.54) is 0 Å². The first-order chi connectivity index (χ1) is 8.08. The van der Waals surface area contributed by atoms with Crippen molar-refractivity contribution in [1.29, 1.82) is 0 Å². The Labute approximate surface area is 124 Å². The summed E-state index contributed by atoms with van der Waals surface area (Å²) in [6.07, 6.45) is 0. The fraction of sp³-hybridized carbons (Fsp3) is 0.538. The van der Waals surface area contributed by atoms with Gasteiger partial charge in [0.15, 0.2) is 11.5 Å². The third-order valence-corrected chi connectivity index (χ3v) is 8.51. The maximum absolute atomic E-state index is 9.58. The van der Waals surface area contributed by atoms with Gasteiger partial charge in [0.05, 0.1) is 10.7 Å². The average molecular weight is 380 g/mol. The molecule has 5 heteroatoms. The van der Waals surface area contributed by atoms with E-state index in [4.69, 9.17) is 9.16 Å². The Balaban J connectivity index is 3.19. The molecule has 1 N–H and O–H groups in total. The summed E-state index contributed by atoms with van der Waals surface area (Å²) in [6, 6.07) is 3.27. The summed E-state index contributed by atoms with van der Waals surface area (Å²) < 4.78 is 12.4. The van der Waals surface area contributed by atoms with Crippen LogP contribution in [0.25, 0.3) is 0 Å². The van der Waals surface area contributed by atoms with Gasteiger partial charge in [0.1, 0.15) is 5.75 Å². The lowest BCUT2D eigenvalue weighted by atomic mass is 10.2. The molecule has 1 aromatic rings. The van der Waals surface area contributed by atoms with Crippen LogP contribution in [0.3, 0.4) is 0 Å². The van der Waals surface area contributed by atoms with Crippen LogP contribution >= 0.6 is 22.6 Å². The van der Waals surface area contributed by atoms with E-state index in [2.05, 4.69) is 56.5 Å². The topological polar surface area (TPSA) is 38.7 Å². The highest BCUT2D eigenvalue weighted by Crippen LogP contribution is 2.43. The predicted octanol–water partition coefficient (Wildman–Crippen LogP) is 4.39. The highest BCUT2D eigenvalue weighted by Gasteiger charge is 2.40. The number of methoxy groups -OCH3 is 1. The molecule has 0 fully saturated rings. The normalized spacial score (nSPS) is 12.4. The molecule has 102 valence electrons. The molecule has 3 nitrogen and oxygen atoms in total. The Morgan fingerprint density at radius 3 is 2.22 bits per heavy atom. The minimum absolute atomic E-state index is 0.124. The van der Waals surface area contributed by atoms with Gasteiger partial charge < -0.3 is 14.3 Å². The van der Waals surface area contributed by atoms with Gasteiger partial charge in [-0.3, -0.25) is 0 Å². The molecule has 0 saturated heterocycles. The maximum Gasteiger partial charge on any atom is 0.250 e. The third kappa shape index (κ3) is 3.31. The number of ether oxygens (including phenoxy) is 1. The SMILES string of the molecule is COc1cc(O)cc(I)c1O[Si](C)(C)C(C)(C)C. The van der Waals surface area contributed by atoms with E-state index in [-0.39, 0.29) is 10.8 Å². The van der Waals surface area contributed by atoms with E-state index >= 15 is 0 Å². The largest absolute Gasteiger partial charge is 0.540 e. The van der Waals surface area contributed by atoms with E-state index in [1.54, 1.807) is 19.2 Å². The predicted molar refractivity (Wildman–Crippen MR) is 85.2 cm³/mol. The van der Waals surface area contributed by atoms with E-state index in [0.717, 1.165) is 9.32 Å². The summed E-state index contributed by atoms with van der Waals surface area (Å²) >= 11 is 2.16. The van der Waals surface area contributed by atoms with Crippen molar-refractivity contribution in [1.82, 2.24) is 0 Å². The lowest BCUT2D eigenvalue weighted by molar-refractivity contribution is 0.379. The lowest BCUT2D eigenvalue weighted by Gasteiger charge is -2.37. The summed E-state index contributed by atoms with van der Waals surface area (Å²) in [5.41, 5.74) is 0. The number of phenols is 1. The second-order valence-corrected chi connectivity index (χ2v) is 11.7. The molecule has 0 amide bonds. The van der Waals surface area contributed by atoms with Crippen LogP contribution in [0.4, 0.5) is 0 Å². The number of hydrogen-bond acceptors (Lipinski definition) is 3.